The molecule has 1 saturated heterocycles. The minimum Gasteiger partial charge on any atom is -0.495 e. The van der Waals surface area contributed by atoms with E-state index in [1.165, 1.54) is 31.4 Å². The van der Waals surface area contributed by atoms with E-state index < -0.39 is 27.2 Å². The van der Waals surface area contributed by atoms with Crippen LogP contribution in [0.5, 0.6) is 11.5 Å². The zero-order valence-corrected chi connectivity index (χ0v) is 26.4. The lowest BCUT2D eigenvalue weighted by molar-refractivity contribution is -0.121. The fraction of sp³-hybridized carbons (Fsp3) is 0.406. The second-order valence-corrected chi connectivity index (χ2v) is 13.5. The number of hydrogen-bond donors (Lipinski definition) is 0. The molecule has 0 aliphatic carbocycles. The monoisotopic (exact) mass is 629 g/mol. The molecule has 11 heteroatoms. The van der Waals surface area contributed by atoms with E-state index in [1.807, 2.05) is 13.8 Å². The Labute approximate surface area is 258 Å². The van der Waals surface area contributed by atoms with E-state index in [0.717, 1.165) is 30.5 Å². The molecular formula is C32H37ClFN3O5S. The average molecular weight is 630 g/mol. The molecule has 2 aliphatic heterocycles. The highest BCUT2D eigenvalue weighted by Crippen LogP contribution is 2.53. The Kier molecular flexibility index (Phi) is 9.04. The second kappa shape index (κ2) is 12.4. The Bertz CT molecular complexity index is 1590. The third-order valence-electron chi connectivity index (χ3n) is 8.19. The Balaban J connectivity index is 1.63. The molecule has 8 nitrogen and oxygen atoms in total. The molecule has 230 valence electrons. The summed E-state index contributed by atoms with van der Waals surface area (Å²) in [5.74, 6) is -0.642. The number of halogens is 2. The third kappa shape index (κ3) is 5.85. The molecule has 1 amide bonds. The summed E-state index contributed by atoms with van der Waals surface area (Å²) in [4.78, 5) is 19.2. The van der Waals surface area contributed by atoms with Crippen LogP contribution in [0.4, 0.5) is 10.1 Å². The highest BCUT2D eigenvalue weighted by Gasteiger charge is 2.57. The molecule has 0 bridgehead atoms. The van der Waals surface area contributed by atoms with Gasteiger partial charge in [0.1, 0.15) is 22.7 Å². The average Bonchev–Trinajstić information content (AvgIpc) is 3.21. The summed E-state index contributed by atoms with van der Waals surface area (Å²) in [6.07, 6.45) is 0.614. The molecule has 5 rings (SSSR count). The Hall–Kier alpha value is -3.18. The van der Waals surface area contributed by atoms with Crippen molar-refractivity contribution in [2.75, 3.05) is 51.2 Å². The van der Waals surface area contributed by atoms with Crippen LogP contribution in [-0.4, -0.2) is 77.1 Å². The molecule has 0 aromatic heterocycles. The van der Waals surface area contributed by atoms with Crippen LogP contribution in [-0.2, 0) is 20.2 Å². The van der Waals surface area contributed by atoms with Crippen molar-refractivity contribution in [3.05, 3.63) is 82.6 Å². The molecule has 0 radical (unpaired) electrons. The molecule has 0 spiro atoms. The standard InChI is InChI=1S/C32H37ClFN3O5S/c1-22(2)42-23-10-12-24(13-11-23)43(39,40)37-29-21-30(41-4)27(33)20-26(29)32(31(37)38,25-8-5-6-9-28(25)34)14-7-15-36-18-16-35(3)17-19-36/h5-6,8-13,20-22H,7,14-19H2,1-4H3. The van der Waals surface area contributed by atoms with Gasteiger partial charge in [-0.05, 0) is 82.2 Å². The largest absolute Gasteiger partial charge is 0.495 e. The highest BCUT2D eigenvalue weighted by molar-refractivity contribution is 7.93. The lowest BCUT2D eigenvalue weighted by atomic mass is 9.72. The lowest BCUT2D eigenvalue weighted by Gasteiger charge is -2.34. The molecular weight excluding hydrogens is 593 g/mol. The Morgan fingerprint density at radius 3 is 2.30 bits per heavy atom. The van der Waals surface area contributed by atoms with Crippen molar-refractivity contribution in [3.8, 4) is 11.5 Å². The van der Waals surface area contributed by atoms with E-state index in [0.29, 0.717) is 24.3 Å². The maximum atomic E-state index is 15.7. The number of ether oxygens (including phenoxy) is 2. The minimum absolute atomic E-state index is 0.0941. The van der Waals surface area contributed by atoms with Gasteiger partial charge in [0.15, 0.2) is 0 Å². The maximum absolute atomic E-state index is 15.7. The number of rotatable bonds is 10. The van der Waals surface area contributed by atoms with Crippen LogP contribution in [0.15, 0.2) is 65.6 Å². The van der Waals surface area contributed by atoms with E-state index in [4.69, 9.17) is 21.1 Å². The lowest BCUT2D eigenvalue weighted by Crippen LogP contribution is -2.46. The first-order valence-electron chi connectivity index (χ1n) is 14.4. The number of carbonyl (C=O) groups is 1. The molecule has 43 heavy (non-hydrogen) atoms. The van der Waals surface area contributed by atoms with E-state index in [-0.39, 0.29) is 39.4 Å². The second-order valence-electron chi connectivity index (χ2n) is 11.4. The van der Waals surface area contributed by atoms with Gasteiger partial charge in [-0.3, -0.25) is 4.79 Å². The SMILES string of the molecule is COc1cc2c(cc1Cl)C(CCCN1CCN(C)CC1)(c1ccccc1F)C(=O)N2S(=O)(=O)c1ccc(OC(C)C)cc1. The number of methoxy groups -OCH3 is 1. The van der Waals surface area contributed by atoms with Crippen LogP contribution >= 0.6 is 11.6 Å². The molecule has 2 aliphatic rings. The summed E-state index contributed by atoms with van der Waals surface area (Å²) in [7, 11) is -0.943. The van der Waals surface area contributed by atoms with E-state index >= 15 is 4.39 Å². The number of likely N-dealkylation sites (N-methyl/N-ethyl adjacent to an activating group) is 1. The fourth-order valence-corrected chi connectivity index (χ4v) is 7.71. The van der Waals surface area contributed by atoms with Gasteiger partial charge >= 0.3 is 0 Å². The predicted molar refractivity (Wildman–Crippen MR) is 165 cm³/mol. The number of hydrogen-bond acceptors (Lipinski definition) is 7. The van der Waals surface area contributed by atoms with Crippen molar-refractivity contribution >= 4 is 33.2 Å². The number of fused-ring (bicyclic) bond motifs is 1. The van der Waals surface area contributed by atoms with Crippen molar-refractivity contribution in [2.24, 2.45) is 0 Å². The number of benzene rings is 3. The smallest absolute Gasteiger partial charge is 0.270 e. The zero-order chi connectivity index (χ0) is 30.9. The summed E-state index contributed by atoms with van der Waals surface area (Å²) in [5.41, 5.74) is -1.09. The third-order valence-corrected chi connectivity index (χ3v) is 10.2. The number of nitrogens with zero attached hydrogens (tertiary/aromatic N) is 3. The van der Waals surface area contributed by atoms with Gasteiger partial charge in [0, 0.05) is 37.8 Å². The van der Waals surface area contributed by atoms with Crippen LogP contribution in [0.3, 0.4) is 0 Å². The van der Waals surface area contributed by atoms with Crippen LogP contribution in [0.2, 0.25) is 5.02 Å². The molecule has 0 saturated carbocycles. The van der Waals surface area contributed by atoms with Crippen molar-refractivity contribution in [2.45, 2.75) is 43.1 Å². The van der Waals surface area contributed by atoms with Gasteiger partial charge in [0.2, 0.25) is 0 Å². The first kappa shape index (κ1) is 31.3. The van der Waals surface area contributed by atoms with Gasteiger partial charge in [0.05, 0.1) is 28.8 Å². The van der Waals surface area contributed by atoms with E-state index in [1.54, 1.807) is 36.4 Å². The molecule has 1 unspecified atom stereocenters. The number of anilines is 1. The van der Waals surface area contributed by atoms with Crippen molar-refractivity contribution in [1.29, 1.82) is 0 Å². The van der Waals surface area contributed by atoms with Crippen LogP contribution in [0, 0.1) is 5.82 Å². The molecule has 3 aromatic rings. The van der Waals surface area contributed by atoms with Crippen molar-refractivity contribution in [3.63, 3.8) is 0 Å². The molecule has 1 fully saturated rings. The summed E-state index contributed by atoms with van der Waals surface area (Å²) in [5, 5.41) is 0.197. The fourth-order valence-electron chi connectivity index (χ4n) is 6.00. The predicted octanol–water partition coefficient (Wildman–Crippen LogP) is 5.32. The van der Waals surface area contributed by atoms with Gasteiger partial charge in [-0.2, -0.15) is 0 Å². The van der Waals surface area contributed by atoms with Crippen LogP contribution < -0.4 is 13.8 Å². The summed E-state index contributed by atoms with van der Waals surface area (Å²) >= 11 is 6.59. The van der Waals surface area contributed by atoms with Gasteiger partial charge in [0.25, 0.3) is 15.9 Å². The number of piperazine rings is 1. The summed E-state index contributed by atoms with van der Waals surface area (Å²) in [6, 6.07) is 15.0. The van der Waals surface area contributed by atoms with Crippen molar-refractivity contribution < 1.29 is 27.1 Å². The first-order chi connectivity index (χ1) is 20.5. The van der Waals surface area contributed by atoms with Gasteiger partial charge < -0.3 is 19.3 Å². The van der Waals surface area contributed by atoms with E-state index in [9.17, 15) is 13.2 Å². The summed E-state index contributed by atoms with van der Waals surface area (Å²) < 4.78 is 56.1. The summed E-state index contributed by atoms with van der Waals surface area (Å²) in [6.45, 7) is 8.05. The number of sulfonamides is 1. The van der Waals surface area contributed by atoms with Gasteiger partial charge in [-0.15, -0.1) is 0 Å². The Morgan fingerprint density at radius 2 is 1.67 bits per heavy atom. The quantitative estimate of drug-likeness (QED) is 0.300. The van der Waals surface area contributed by atoms with Crippen molar-refractivity contribution in [1.82, 2.24) is 9.80 Å². The maximum Gasteiger partial charge on any atom is 0.270 e. The number of amides is 1. The molecule has 1 atom stereocenters. The Morgan fingerprint density at radius 1 is 1.00 bits per heavy atom. The topological polar surface area (TPSA) is 79.4 Å². The first-order valence-corrected chi connectivity index (χ1v) is 16.2. The molecule has 2 heterocycles. The normalized spacial score (nSPS) is 19.6. The van der Waals surface area contributed by atoms with Gasteiger partial charge in [-0.25, -0.2) is 17.1 Å². The molecule has 0 N–H and O–H groups in total. The van der Waals surface area contributed by atoms with Crippen LogP contribution in [0.1, 0.15) is 37.8 Å². The van der Waals surface area contributed by atoms with Crippen LogP contribution in [0.25, 0.3) is 0 Å². The zero-order valence-electron chi connectivity index (χ0n) is 24.8. The highest BCUT2D eigenvalue weighted by atomic mass is 35.5. The van der Waals surface area contributed by atoms with E-state index in [2.05, 4.69) is 16.8 Å². The van der Waals surface area contributed by atoms with Gasteiger partial charge in [-0.1, -0.05) is 29.8 Å². The minimum atomic E-state index is -4.44. The molecule has 3 aromatic carbocycles. The number of carbonyl (C=O) groups excluding carboxylic acids is 1.